The summed E-state index contributed by atoms with van der Waals surface area (Å²) in [4.78, 5) is 15.5. The summed E-state index contributed by atoms with van der Waals surface area (Å²) >= 11 is 1.76. The number of carbonyl (C=O) groups excluding carboxylic acids is 1. The molecular formula is C14H21NO3S. The highest BCUT2D eigenvalue weighted by Gasteiger charge is 2.14. The van der Waals surface area contributed by atoms with Crippen LogP contribution >= 0.6 is 11.8 Å². The van der Waals surface area contributed by atoms with Crippen molar-refractivity contribution < 1.29 is 14.3 Å². The molecule has 4 nitrogen and oxygen atoms in total. The van der Waals surface area contributed by atoms with Crippen molar-refractivity contribution in [2.75, 3.05) is 26.1 Å². The SMILES string of the molecule is CCSC(CC(C)=O)c1ccc(OCCOC)nc1. The van der Waals surface area contributed by atoms with E-state index in [0.29, 0.717) is 25.5 Å². The molecule has 0 aliphatic rings. The number of nitrogens with zero attached hydrogens (tertiary/aromatic N) is 1. The summed E-state index contributed by atoms with van der Waals surface area (Å²) in [5.74, 6) is 1.76. The zero-order chi connectivity index (χ0) is 14.1. The smallest absolute Gasteiger partial charge is 0.213 e. The van der Waals surface area contributed by atoms with Crippen molar-refractivity contribution in [1.29, 1.82) is 0 Å². The van der Waals surface area contributed by atoms with Gasteiger partial charge in [0.1, 0.15) is 12.4 Å². The lowest BCUT2D eigenvalue weighted by Gasteiger charge is -2.14. The molecule has 0 N–H and O–H groups in total. The van der Waals surface area contributed by atoms with Gasteiger partial charge in [-0.05, 0) is 18.2 Å². The number of ketones is 1. The third-order valence-corrected chi connectivity index (χ3v) is 3.68. The summed E-state index contributed by atoms with van der Waals surface area (Å²) in [6.07, 6.45) is 2.34. The first kappa shape index (κ1) is 16.0. The second kappa shape index (κ2) is 8.93. The lowest BCUT2D eigenvalue weighted by atomic mass is 10.1. The number of hydrogen-bond donors (Lipinski definition) is 0. The monoisotopic (exact) mass is 283 g/mol. The predicted molar refractivity (Wildman–Crippen MR) is 77.8 cm³/mol. The number of pyridine rings is 1. The minimum Gasteiger partial charge on any atom is -0.475 e. The van der Waals surface area contributed by atoms with Gasteiger partial charge in [-0.1, -0.05) is 13.0 Å². The van der Waals surface area contributed by atoms with Gasteiger partial charge >= 0.3 is 0 Å². The van der Waals surface area contributed by atoms with Crippen molar-refractivity contribution in [3.63, 3.8) is 0 Å². The Labute approximate surface area is 118 Å². The van der Waals surface area contributed by atoms with Crippen LogP contribution in [-0.2, 0) is 9.53 Å². The van der Waals surface area contributed by atoms with E-state index in [4.69, 9.17) is 9.47 Å². The van der Waals surface area contributed by atoms with Gasteiger partial charge in [0.05, 0.1) is 6.61 Å². The van der Waals surface area contributed by atoms with Crippen molar-refractivity contribution in [1.82, 2.24) is 4.98 Å². The number of thioether (sulfide) groups is 1. The van der Waals surface area contributed by atoms with E-state index in [1.807, 2.05) is 12.1 Å². The van der Waals surface area contributed by atoms with Crippen molar-refractivity contribution in [2.45, 2.75) is 25.5 Å². The second-order valence-electron chi connectivity index (χ2n) is 4.12. The molecule has 106 valence electrons. The summed E-state index contributed by atoms with van der Waals surface area (Å²) in [6, 6.07) is 3.82. The first-order valence-corrected chi connectivity index (χ1v) is 7.41. The number of methoxy groups -OCH3 is 1. The van der Waals surface area contributed by atoms with Crippen LogP contribution in [0.3, 0.4) is 0 Å². The van der Waals surface area contributed by atoms with Gasteiger partial charge in [-0.3, -0.25) is 4.79 Å². The Bertz CT molecular complexity index is 381. The summed E-state index contributed by atoms with van der Waals surface area (Å²) < 4.78 is 10.3. The summed E-state index contributed by atoms with van der Waals surface area (Å²) in [5, 5.41) is 0.183. The Morgan fingerprint density at radius 1 is 1.42 bits per heavy atom. The molecule has 0 aliphatic carbocycles. The average Bonchev–Trinajstić information content (AvgIpc) is 2.39. The minimum atomic E-state index is 0.183. The molecule has 0 spiro atoms. The lowest BCUT2D eigenvalue weighted by molar-refractivity contribution is -0.117. The van der Waals surface area contributed by atoms with Gasteiger partial charge in [-0.15, -0.1) is 0 Å². The van der Waals surface area contributed by atoms with Gasteiger partial charge in [-0.2, -0.15) is 11.8 Å². The quantitative estimate of drug-likeness (QED) is 0.652. The molecule has 0 aromatic carbocycles. The van der Waals surface area contributed by atoms with Crippen LogP contribution in [0.15, 0.2) is 18.3 Å². The van der Waals surface area contributed by atoms with Crippen LogP contribution < -0.4 is 4.74 Å². The fourth-order valence-corrected chi connectivity index (χ4v) is 2.72. The largest absolute Gasteiger partial charge is 0.475 e. The van der Waals surface area contributed by atoms with E-state index < -0.39 is 0 Å². The zero-order valence-corrected chi connectivity index (χ0v) is 12.5. The van der Waals surface area contributed by atoms with Gasteiger partial charge in [-0.25, -0.2) is 4.98 Å². The maximum Gasteiger partial charge on any atom is 0.213 e. The average molecular weight is 283 g/mol. The van der Waals surface area contributed by atoms with Crippen molar-refractivity contribution >= 4 is 17.5 Å². The Kier molecular flexibility index (Phi) is 7.52. The minimum absolute atomic E-state index is 0.183. The molecule has 0 saturated heterocycles. The molecule has 1 atom stereocenters. The van der Waals surface area contributed by atoms with Gasteiger partial charge in [0.2, 0.25) is 5.88 Å². The van der Waals surface area contributed by atoms with Gasteiger partial charge in [0, 0.05) is 31.0 Å². The van der Waals surface area contributed by atoms with E-state index in [0.717, 1.165) is 11.3 Å². The van der Waals surface area contributed by atoms with Crippen molar-refractivity contribution in [3.8, 4) is 5.88 Å². The molecule has 19 heavy (non-hydrogen) atoms. The fraction of sp³-hybridized carbons (Fsp3) is 0.571. The van der Waals surface area contributed by atoms with Crippen LogP contribution in [0.25, 0.3) is 0 Å². The Morgan fingerprint density at radius 2 is 2.21 bits per heavy atom. The normalized spacial score (nSPS) is 12.2. The van der Waals surface area contributed by atoms with Gasteiger partial charge in [0.25, 0.3) is 0 Å². The highest BCUT2D eigenvalue weighted by atomic mass is 32.2. The Balaban J connectivity index is 2.63. The lowest BCUT2D eigenvalue weighted by Crippen LogP contribution is -2.06. The number of ether oxygens (including phenoxy) is 2. The van der Waals surface area contributed by atoms with E-state index >= 15 is 0 Å². The van der Waals surface area contributed by atoms with Crippen LogP contribution in [0.2, 0.25) is 0 Å². The number of rotatable bonds is 9. The Morgan fingerprint density at radius 3 is 2.74 bits per heavy atom. The summed E-state index contributed by atoms with van der Waals surface area (Å²) in [7, 11) is 1.63. The molecule has 1 aromatic heterocycles. The maximum atomic E-state index is 11.3. The molecule has 0 fully saturated rings. The summed E-state index contributed by atoms with van der Waals surface area (Å²) in [6.45, 7) is 4.75. The number of carbonyl (C=O) groups is 1. The van der Waals surface area contributed by atoms with E-state index in [1.54, 1.807) is 32.0 Å². The second-order valence-corrected chi connectivity index (χ2v) is 5.60. The number of aromatic nitrogens is 1. The zero-order valence-electron chi connectivity index (χ0n) is 11.7. The molecule has 1 aromatic rings. The van der Waals surface area contributed by atoms with Crippen LogP contribution in [0.4, 0.5) is 0 Å². The third-order valence-electron chi connectivity index (χ3n) is 2.51. The first-order chi connectivity index (χ1) is 9.17. The van der Waals surface area contributed by atoms with Crippen LogP contribution in [0.1, 0.15) is 31.1 Å². The third kappa shape index (κ3) is 6.07. The molecule has 0 saturated carbocycles. The van der Waals surface area contributed by atoms with E-state index in [9.17, 15) is 4.79 Å². The molecule has 0 radical (unpaired) electrons. The fourth-order valence-electron chi connectivity index (χ4n) is 1.63. The van der Waals surface area contributed by atoms with Crippen LogP contribution in [0, 0.1) is 0 Å². The number of Topliss-reactive ketones (excluding diaryl/α,β-unsaturated/α-hetero) is 1. The molecule has 0 bridgehead atoms. The van der Waals surface area contributed by atoms with Gasteiger partial charge < -0.3 is 9.47 Å². The van der Waals surface area contributed by atoms with E-state index in [1.165, 1.54) is 0 Å². The van der Waals surface area contributed by atoms with Crippen molar-refractivity contribution in [2.24, 2.45) is 0 Å². The maximum absolute atomic E-state index is 11.3. The Hall–Kier alpha value is -1.07. The topological polar surface area (TPSA) is 48.4 Å². The first-order valence-electron chi connectivity index (χ1n) is 6.36. The summed E-state index contributed by atoms with van der Waals surface area (Å²) in [5.41, 5.74) is 1.07. The molecule has 0 aliphatic heterocycles. The highest BCUT2D eigenvalue weighted by molar-refractivity contribution is 7.99. The van der Waals surface area contributed by atoms with E-state index in [2.05, 4.69) is 11.9 Å². The van der Waals surface area contributed by atoms with E-state index in [-0.39, 0.29) is 11.0 Å². The molecular weight excluding hydrogens is 262 g/mol. The molecule has 5 heteroatoms. The molecule has 1 heterocycles. The highest BCUT2D eigenvalue weighted by Crippen LogP contribution is 2.32. The molecule has 1 unspecified atom stereocenters. The van der Waals surface area contributed by atoms with Crippen LogP contribution in [0.5, 0.6) is 5.88 Å². The molecule has 0 amide bonds. The molecule has 1 rings (SSSR count). The van der Waals surface area contributed by atoms with Crippen LogP contribution in [-0.4, -0.2) is 36.8 Å². The van der Waals surface area contributed by atoms with Gasteiger partial charge in [0.15, 0.2) is 0 Å². The standard InChI is InChI=1S/C14H21NO3S/c1-4-19-13(9-11(2)16)12-5-6-14(15-10-12)18-8-7-17-3/h5-6,10,13H,4,7-9H2,1-3H3. The van der Waals surface area contributed by atoms with Crippen molar-refractivity contribution in [3.05, 3.63) is 23.9 Å². The predicted octanol–water partition coefficient (Wildman–Crippen LogP) is 2.88. The number of hydrogen-bond acceptors (Lipinski definition) is 5.